The number of aliphatic hydroxyl groups is 3. The number of carbonyl (C=O) groups excluding carboxylic acids is 3. The van der Waals surface area contributed by atoms with Gasteiger partial charge < -0.3 is 26.2 Å². The van der Waals surface area contributed by atoms with Gasteiger partial charge in [0.1, 0.15) is 22.8 Å². The Morgan fingerprint density at radius 2 is 1.88 bits per heavy atom. The summed E-state index contributed by atoms with van der Waals surface area (Å²) in [6, 6.07) is 2.16. The van der Waals surface area contributed by atoms with Crippen LogP contribution in [0.4, 0.5) is 0 Å². The molecule has 3 aliphatic rings. The van der Waals surface area contributed by atoms with Crippen molar-refractivity contribution in [1.82, 2.24) is 4.90 Å². The fraction of sp³-hybridized carbons (Fsp3) is 0.458. The predicted octanol–water partition coefficient (Wildman–Crippen LogP) is 0.916. The molecule has 0 bridgehead atoms. The number of primary amides is 1. The Morgan fingerprint density at radius 3 is 2.45 bits per heavy atom. The van der Waals surface area contributed by atoms with E-state index in [2.05, 4.69) is 0 Å². The zero-order chi connectivity index (χ0) is 24.4. The first-order valence-corrected chi connectivity index (χ1v) is 10.9. The highest BCUT2D eigenvalue weighted by molar-refractivity contribution is 6.24. The maximum absolute atomic E-state index is 13.7. The monoisotopic (exact) mass is 456 g/mol. The van der Waals surface area contributed by atoms with Gasteiger partial charge in [0.25, 0.3) is 5.91 Å². The third-order valence-electron chi connectivity index (χ3n) is 7.22. The molecule has 1 aromatic carbocycles. The molecule has 0 heterocycles. The summed E-state index contributed by atoms with van der Waals surface area (Å²) in [4.78, 5) is 40.2. The number of ketones is 2. The van der Waals surface area contributed by atoms with E-state index >= 15 is 0 Å². The van der Waals surface area contributed by atoms with Crippen LogP contribution in [0.5, 0.6) is 5.75 Å². The molecule has 1 fully saturated rings. The molecule has 0 aromatic heterocycles. The van der Waals surface area contributed by atoms with E-state index in [-0.39, 0.29) is 23.3 Å². The third kappa shape index (κ3) is 3.02. The van der Waals surface area contributed by atoms with Crippen LogP contribution in [-0.4, -0.2) is 68.5 Å². The van der Waals surface area contributed by atoms with Crippen molar-refractivity contribution in [3.05, 3.63) is 45.7 Å². The van der Waals surface area contributed by atoms with Crippen molar-refractivity contribution in [3.63, 3.8) is 0 Å². The lowest BCUT2D eigenvalue weighted by Crippen LogP contribution is -2.65. The van der Waals surface area contributed by atoms with Crippen LogP contribution in [0, 0.1) is 11.8 Å². The quantitative estimate of drug-likeness (QED) is 0.418. The molecule has 176 valence electrons. The van der Waals surface area contributed by atoms with Crippen LogP contribution in [0.2, 0.25) is 0 Å². The number of nitrogens with zero attached hydrogens (tertiary/aromatic N) is 1. The molecule has 0 radical (unpaired) electrons. The number of aromatic hydroxyl groups is 1. The van der Waals surface area contributed by atoms with E-state index < -0.39 is 58.0 Å². The first-order valence-electron chi connectivity index (χ1n) is 10.9. The summed E-state index contributed by atoms with van der Waals surface area (Å²) in [5.41, 5.74) is 3.55. The van der Waals surface area contributed by atoms with Gasteiger partial charge in [-0.2, -0.15) is 0 Å². The number of likely N-dealkylation sites (N-methyl/N-ethyl adjacent to an activating group) is 1. The Morgan fingerprint density at radius 1 is 1.21 bits per heavy atom. The molecule has 0 unspecified atom stereocenters. The number of phenols is 1. The van der Waals surface area contributed by atoms with E-state index in [1.165, 1.54) is 11.0 Å². The Balaban J connectivity index is 1.97. The average Bonchev–Trinajstić information content (AvgIpc) is 2.72. The molecule has 3 aliphatic carbocycles. The van der Waals surface area contributed by atoms with E-state index in [9.17, 15) is 34.8 Å². The Labute approximate surface area is 190 Å². The van der Waals surface area contributed by atoms with Gasteiger partial charge in [-0.15, -0.1) is 0 Å². The largest absolute Gasteiger partial charge is 0.508 e. The number of aryl methyl sites for hydroxylation is 1. The van der Waals surface area contributed by atoms with Gasteiger partial charge in [-0.1, -0.05) is 19.4 Å². The number of benzene rings is 1. The molecule has 0 aliphatic heterocycles. The van der Waals surface area contributed by atoms with Crippen LogP contribution in [-0.2, 0) is 27.2 Å². The highest BCUT2D eigenvalue weighted by Gasteiger charge is 2.64. The van der Waals surface area contributed by atoms with Gasteiger partial charge in [-0.05, 0) is 56.5 Å². The minimum absolute atomic E-state index is 0.0903. The Bertz CT molecular complexity index is 1150. The number of hydrogen-bond acceptors (Lipinski definition) is 8. The Kier molecular flexibility index (Phi) is 5.37. The fourth-order valence-electron chi connectivity index (χ4n) is 5.81. The molecule has 4 atom stereocenters. The third-order valence-corrected chi connectivity index (χ3v) is 7.22. The standard InChI is InChI=1S/C24H28N2O7/c1-4-5-10-6-7-14(27)16-12(10)8-11-9-13-18(26(2)3)20(29)17(23(25)32)22(31)24(13,33)21(30)15(11)19(16)28/h6-7,11,13,18,27-28,31,33H,4-5,8-9H2,1-3H3,(H2,25,32)/t11-,13-,18-,24-/m0/s1. The zero-order valence-corrected chi connectivity index (χ0v) is 18.8. The molecule has 0 spiro atoms. The molecule has 6 N–H and O–H groups in total. The van der Waals surface area contributed by atoms with Crippen molar-refractivity contribution < 1.29 is 34.8 Å². The second-order valence-corrected chi connectivity index (χ2v) is 9.31. The number of nitrogens with two attached hydrogens (primary N) is 1. The summed E-state index contributed by atoms with van der Waals surface area (Å²) < 4.78 is 0. The van der Waals surface area contributed by atoms with Gasteiger partial charge in [-0.3, -0.25) is 19.3 Å². The van der Waals surface area contributed by atoms with E-state index in [4.69, 9.17) is 5.73 Å². The molecular formula is C24H28N2O7. The number of carbonyl (C=O) groups is 3. The minimum Gasteiger partial charge on any atom is -0.508 e. The molecule has 4 rings (SSSR count). The van der Waals surface area contributed by atoms with Gasteiger partial charge in [0.05, 0.1) is 11.6 Å². The van der Waals surface area contributed by atoms with E-state index in [1.807, 2.05) is 6.92 Å². The van der Waals surface area contributed by atoms with E-state index in [0.29, 0.717) is 12.8 Å². The number of amides is 1. The highest BCUT2D eigenvalue weighted by Crippen LogP contribution is 2.52. The van der Waals surface area contributed by atoms with Crippen LogP contribution in [0.3, 0.4) is 0 Å². The fourth-order valence-corrected chi connectivity index (χ4v) is 5.81. The lowest BCUT2D eigenvalue weighted by molar-refractivity contribution is -0.153. The number of aliphatic hydroxyl groups excluding tert-OH is 2. The number of fused-ring (bicyclic) bond motifs is 3. The van der Waals surface area contributed by atoms with E-state index in [0.717, 1.165) is 17.5 Å². The first kappa shape index (κ1) is 23.0. The van der Waals surface area contributed by atoms with Crippen molar-refractivity contribution in [1.29, 1.82) is 0 Å². The van der Waals surface area contributed by atoms with Gasteiger partial charge in [0.2, 0.25) is 5.78 Å². The summed E-state index contributed by atoms with van der Waals surface area (Å²) >= 11 is 0. The van der Waals surface area contributed by atoms with Gasteiger partial charge in [0, 0.05) is 11.5 Å². The predicted molar refractivity (Wildman–Crippen MR) is 118 cm³/mol. The number of rotatable bonds is 4. The van der Waals surface area contributed by atoms with Crippen LogP contribution >= 0.6 is 0 Å². The average molecular weight is 456 g/mol. The van der Waals surface area contributed by atoms with Crippen LogP contribution in [0.15, 0.2) is 29.0 Å². The van der Waals surface area contributed by atoms with Crippen LogP contribution < -0.4 is 5.73 Å². The van der Waals surface area contributed by atoms with Gasteiger partial charge in [0.15, 0.2) is 11.4 Å². The molecule has 33 heavy (non-hydrogen) atoms. The first-order chi connectivity index (χ1) is 15.5. The lowest BCUT2D eigenvalue weighted by Gasteiger charge is -2.50. The second kappa shape index (κ2) is 7.71. The summed E-state index contributed by atoms with van der Waals surface area (Å²) in [5.74, 6) is -6.36. The van der Waals surface area contributed by atoms with Crippen LogP contribution in [0.1, 0.15) is 36.5 Å². The molecule has 1 aromatic rings. The van der Waals surface area contributed by atoms with Crippen molar-refractivity contribution in [2.24, 2.45) is 17.6 Å². The molecule has 1 saturated carbocycles. The maximum atomic E-state index is 13.7. The summed E-state index contributed by atoms with van der Waals surface area (Å²) in [5, 5.41) is 43.9. The highest BCUT2D eigenvalue weighted by atomic mass is 16.3. The van der Waals surface area contributed by atoms with Crippen molar-refractivity contribution in [3.8, 4) is 5.75 Å². The van der Waals surface area contributed by atoms with Crippen molar-refractivity contribution in [2.75, 3.05) is 14.1 Å². The molecule has 9 heteroatoms. The maximum Gasteiger partial charge on any atom is 0.255 e. The number of phenolic OH excluding ortho intramolecular Hbond substituents is 1. The zero-order valence-electron chi connectivity index (χ0n) is 18.8. The van der Waals surface area contributed by atoms with Crippen molar-refractivity contribution >= 4 is 23.2 Å². The normalized spacial score (nSPS) is 29.2. The molecule has 1 amide bonds. The minimum atomic E-state index is -2.61. The summed E-state index contributed by atoms with van der Waals surface area (Å²) in [6.45, 7) is 2.01. The second-order valence-electron chi connectivity index (χ2n) is 9.31. The number of hydrogen-bond donors (Lipinski definition) is 5. The summed E-state index contributed by atoms with van der Waals surface area (Å²) in [7, 11) is 3.15. The molecule has 9 nitrogen and oxygen atoms in total. The molecule has 0 saturated heterocycles. The lowest BCUT2D eigenvalue weighted by atomic mass is 9.57. The summed E-state index contributed by atoms with van der Waals surface area (Å²) in [6.07, 6.45) is 1.96. The molecular weight excluding hydrogens is 428 g/mol. The topological polar surface area (TPSA) is 161 Å². The smallest absolute Gasteiger partial charge is 0.255 e. The number of Topliss-reactive ketones (excluding diaryl/α,β-unsaturated/α-hetero) is 2. The SMILES string of the molecule is CCCc1ccc(O)c2c1C[C@H]1C[C@H]3[C@H](N(C)C)C(=O)C(C(N)=O)=C(O)[C@@]3(O)C(=O)C1=C2O. The Hall–Kier alpha value is -3.17. The van der Waals surface area contributed by atoms with Crippen LogP contribution in [0.25, 0.3) is 5.76 Å². The van der Waals surface area contributed by atoms with Gasteiger partial charge >= 0.3 is 0 Å². The van der Waals surface area contributed by atoms with Crippen molar-refractivity contribution in [2.45, 2.75) is 44.2 Å². The van der Waals surface area contributed by atoms with E-state index in [1.54, 1.807) is 20.2 Å². The van der Waals surface area contributed by atoms with Gasteiger partial charge in [-0.25, -0.2) is 0 Å².